The van der Waals surface area contributed by atoms with Crippen LogP contribution in [0.3, 0.4) is 0 Å². The molecule has 1 aliphatic rings. The number of rotatable bonds is 4. The monoisotopic (exact) mass is 248 g/mol. The molecule has 1 aromatic rings. The first-order chi connectivity index (χ1) is 8.56. The molecule has 0 aromatic heterocycles. The van der Waals surface area contributed by atoms with E-state index in [1.165, 1.54) is 0 Å². The summed E-state index contributed by atoms with van der Waals surface area (Å²) in [6.45, 7) is 5.37. The van der Waals surface area contributed by atoms with Gasteiger partial charge in [-0.2, -0.15) is 0 Å². The topological polar surface area (TPSA) is 55.6 Å². The number of carbonyl (C=O) groups excluding carboxylic acids is 1. The van der Waals surface area contributed by atoms with E-state index in [4.69, 9.17) is 10.5 Å². The van der Waals surface area contributed by atoms with Gasteiger partial charge in [0.15, 0.2) is 0 Å². The van der Waals surface area contributed by atoms with Gasteiger partial charge in [0, 0.05) is 25.8 Å². The Morgan fingerprint density at radius 2 is 2.11 bits per heavy atom. The maximum Gasteiger partial charge on any atom is 0.248 e. The van der Waals surface area contributed by atoms with Gasteiger partial charge in [-0.3, -0.25) is 4.79 Å². The molecule has 2 rings (SSSR count). The number of nitrogens with two attached hydrogens (primary N) is 1. The highest BCUT2D eigenvalue weighted by Gasteiger charge is 2.35. The van der Waals surface area contributed by atoms with Crippen molar-refractivity contribution in [1.29, 1.82) is 0 Å². The summed E-state index contributed by atoms with van der Waals surface area (Å²) in [7, 11) is 1.67. The van der Waals surface area contributed by atoms with Crippen LogP contribution in [-0.4, -0.2) is 26.2 Å². The van der Waals surface area contributed by atoms with E-state index in [1.54, 1.807) is 12.0 Å². The molecule has 0 radical (unpaired) electrons. The molecule has 18 heavy (non-hydrogen) atoms. The van der Waals surface area contributed by atoms with Crippen LogP contribution in [-0.2, 0) is 9.53 Å². The average molecular weight is 248 g/mol. The highest BCUT2D eigenvalue weighted by Crippen LogP contribution is 2.38. The number of amides is 1. The predicted molar refractivity (Wildman–Crippen MR) is 71.7 cm³/mol. The van der Waals surface area contributed by atoms with E-state index in [2.05, 4.69) is 6.07 Å². The molecule has 1 aromatic carbocycles. The van der Waals surface area contributed by atoms with E-state index in [9.17, 15) is 4.79 Å². The first-order valence-corrected chi connectivity index (χ1v) is 6.23. The predicted octanol–water partition coefficient (Wildman–Crippen LogP) is 1.69. The lowest BCUT2D eigenvalue weighted by atomic mass is 10.0. The Morgan fingerprint density at radius 1 is 1.39 bits per heavy atom. The van der Waals surface area contributed by atoms with Gasteiger partial charge in [-0.05, 0) is 25.8 Å². The van der Waals surface area contributed by atoms with Crippen LogP contribution < -0.4 is 10.6 Å². The smallest absolute Gasteiger partial charge is 0.248 e. The van der Waals surface area contributed by atoms with Crippen molar-refractivity contribution >= 4 is 11.6 Å². The second-order valence-electron chi connectivity index (χ2n) is 4.83. The molecule has 1 atom stereocenters. The maximum atomic E-state index is 12.2. The van der Waals surface area contributed by atoms with Gasteiger partial charge in [0.1, 0.15) is 6.04 Å². The third-order valence-corrected chi connectivity index (χ3v) is 3.34. The summed E-state index contributed by atoms with van der Waals surface area (Å²) < 4.78 is 5.03. The number of methoxy groups -OCH3 is 1. The molecule has 98 valence electrons. The number of fused-ring (bicyclic) bond motifs is 1. The molecule has 0 fully saturated rings. The highest BCUT2D eigenvalue weighted by molar-refractivity contribution is 6.05. The molecule has 0 saturated heterocycles. The normalized spacial score (nSPS) is 18.3. The van der Waals surface area contributed by atoms with E-state index in [0.29, 0.717) is 13.2 Å². The highest BCUT2D eigenvalue weighted by atomic mass is 16.5. The molecule has 0 bridgehead atoms. The molecule has 0 saturated carbocycles. The number of anilines is 1. The molecular formula is C14H20N2O2. The zero-order valence-corrected chi connectivity index (χ0v) is 11.2. The molecular weight excluding hydrogens is 228 g/mol. The van der Waals surface area contributed by atoms with Gasteiger partial charge in [-0.1, -0.05) is 17.7 Å². The number of benzene rings is 1. The number of hydrogen-bond acceptors (Lipinski definition) is 3. The largest absolute Gasteiger partial charge is 0.385 e. The van der Waals surface area contributed by atoms with Crippen molar-refractivity contribution < 1.29 is 9.53 Å². The third kappa shape index (κ3) is 2.13. The second kappa shape index (κ2) is 5.08. The minimum Gasteiger partial charge on any atom is -0.385 e. The van der Waals surface area contributed by atoms with Crippen molar-refractivity contribution in [3.63, 3.8) is 0 Å². The maximum absolute atomic E-state index is 12.2. The number of aryl methyl sites for hydroxylation is 2. The lowest BCUT2D eigenvalue weighted by Crippen LogP contribution is -2.33. The molecule has 4 heteroatoms. The lowest BCUT2D eigenvalue weighted by molar-refractivity contribution is -0.119. The van der Waals surface area contributed by atoms with Crippen LogP contribution in [0.15, 0.2) is 12.1 Å². The summed E-state index contributed by atoms with van der Waals surface area (Å²) in [6, 6.07) is 3.59. The molecule has 2 N–H and O–H groups in total. The van der Waals surface area contributed by atoms with Gasteiger partial charge in [-0.25, -0.2) is 0 Å². The molecule has 1 aliphatic heterocycles. The average Bonchev–Trinajstić information content (AvgIpc) is 2.55. The molecule has 1 heterocycles. The van der Waals surface area contributed by atoms with Crippen molar-refractivity contribution in [1.82, 2.24) is 0 Å². The van der Waals surface area contributed by atoms with Crippen LogP contribution in [0.4, 0.5) is 5.69 Å². The van der Waals surface area contributed by atoms with Crippen LogP contribution in [0.1, 0.15) is 29.2 Å². The minimum absolute atomic E-state index is 0.00481. The Labute approximate surface area is 108 Å². The SMILES string of the molecule is COCCCN1C(=O)C(N)c2cc(C)cc(C)c21. The van der Waals surface area contributed by atoms with E-state index in [0.717, 1.165) is 28.8 Å². The first kappa shape index (κ1) is 13.1. The Balaban J connectivity index is 2.32. The zero-order chi connectivity index (χ0) is 13.3. The van der Waals surface area contributed by atoms with Crippen molar-refractivity contribution in [3.8, 4) is 0 Å². The fourth-order valence-corrected chi connectivity index (χ4v) is 2.60. The van der Waals surface area contributed by atoms with Crippen molar-refractivity contribution in [3.05, 3.63) is 28.8 Å². The zero-order valence-electron chi connectivity index (χ0n) is 11.2. The summed E-state index contributed by atoms with van der Waals surface area (Å²) in [5, 5.41) is 0. The van der Waals surface area contributed by atoms with Gasteiger partial charge in [0.2, 0.25) is 5.91 Å². The molecule has 0 spiro atoms. The fourth-order valence-electron chi connectivity index (χ4n) is 2.60. The summed E-state index contributed by atoms with van der Waals surface area (Å²) in [5.41, 5.74) is 10.2. The van der Waals surface area contributed by atoms with Crippen LogP contribution in [0.2, 0.25) is 0 Å². The summed E-state index contributed by atoms with van der Waals surface area (Å²) in [6.07, 6.45) is 0.821. The Bertz CT molecular complexity index is 471. The molecule has 4 nitrogen and oxygen atoms in total. The molecule has 1 unspecified atom stereocenters. The quantitative estimate of drug-likeness (QED) is 0.825. The van der Waals surface area contributed by atoms with Crippen molar-refractivity contribution in [2.45, 2.75) is 26.3 Å². The van der Waals surface area contributed by atoms with Crippen LogP contribution in [0, 0.1) is 13.8 Å². The van der Waals surface area contributed by atoms with E-state index in [-0.39, 0.29) is 5.91 Å². The van der Waals surface area contributed by atoms with Gasteiger partial charge in [0.05, 0.1) is 5.69 Å². The van der Waals surface area contributed by atoms with Crippen LogP contribution >= 0.6 is 0 Å². The second-order valence-corrected chi connectivity index (χ2v) is 4.83. The number of nitrogens with zero attached hydrogens (tertiary/aromatic N) is 1. The van der Waals surface area contributed by atoms with E-state index >= 15 is 0 Å². The van der Waals surface area contributed by atoms with Crippen molar-refractivity contribution in [2.75, 3.05) is 25.2 Å². The summed E-state index contributed by atoms with van der Waals surface area (Å²) in [5.74, 6) is -0.00481. The van der Waals surface area contributed by atoms with E-state index in [1.807, 2.05) is 19.9 Å². The summed E-state index contributed by atoms with van der Waals surface area (Å²) >= 11 is 0. The minimum atomic E-state index is -0.513. The fraction of sp³-hybridized carbons (Fsp3) is 0.500. The number of ether oxygens (including phenoxy) is 1. The van der Waals surface area contributed by atoms with E-state index < -0.39 is 6.04 Å². The molecule has 0 aliphatic carbocycles. The van der Waals surface area contributed by atoms with Crippen LogP contribution in [0.5, 0.6) is 0 Å². The summed E-state index contributed by atoms with van der Waals surface area (Å²) in [4.78, 5) is 14.0. The van der Waals surface area contributed by atoms with Gasteiger partial charge in [0.25, 0.3) is 0 Å². The first-order valence-electron chi connectivity index (χ1n) is 6.23. The number of carbonyl (C=O) groups is 1. The van der Waals surface area contributed by atoms with Gasteiger partial charge >= 0.3 is 0 Å². The Morgan fingerprint density at radius 3 is 2.78 bits per heavy atom. The lowest BCUT2D eigenvalue weighted by Gasteiger charge is -2.19. The Hall–Kier alpha value is -1.39. The standard InChI is InChI=1S/C14H20N2O2/c1-9-7-10(2)13-11(8-9)12(15)14(17)16(13)5-4-6-18-3/h7-8,12H,4-6,15H2,1-3H3. The van der Waals surface area contributed by atoms with Gasteiger partial charge in [-0.15, -0.1) is 0 Å². The third-order valence-electron chi connectivity index (χ3n) is 3.34. The van der Waals surface area contributed by atoms with Gasteiger partial charge < -0.3 is 15.4 Å². The number of hydrogen-bond donors (Lipinski definition) is 1. The Kier molecular flexibility index (Phi) is 3.68. The van der Waals surface area contributed by atoms with Crippen LogP contribution in [0.25, 0.3) is 0 Å². The van der Waals surface area contributed by atoms with Crippen molar-refractivity contribution in [2.24, 2.45) is 5.73 Å². The molecule has 1 amide bonds.